The molecule has 148 valence electrons. The number of fused-ring (bicyclic) bond motifs is 1. The summed E-state index contributed by atoms with van der Waals surface area (Å²) in [7, 11) is 0. The van der Waals surface area contributed by atoms with Crippen LogP contribution in [-0.4, -0.2) is 46.8 Å². The third-order valence-electron chi connectivity index (χ3n) is 6.18. The van der Waals surface area contributed by atoms with Gasteiger partial charge >= 0.3 is 0 Å². The molecule has 5 nitrogen and oxygen atoms in total. The van der Waals surface area contributed by atoms with Crippen LogP contribution in [0.1, 0.15) is 21.5 Å². The Morgan fingerprint density at radius 1 is 1.03 bits per heavy atom. The van der Waals surface area contributed by atoms with Crippen LogP contribution in [0.5, 0.6) is 0 Å². The van der Waals surface area contributed by atoms with E-state index in [2.05, 4.69) is 48.6 Å². The van der Waals surface area contributed by atoms with Gasteiger partial charge < -0.3 is 10.2 Å². The zero-order valence-electron chi connectivity index (χ0n) is 16.7. The zero-order valence-corrected chi connectivity index (χ0v) is 16.7. The van der Waals surface area contributed by atoms with E-state index in [0.29, 0.717) is 23.9 Å². The number of nitrogens with zero attached hydrogens (tertiary/aromatic N) is 3. The molecule has 2 atom stereocenters. The lowest BCUT2D eigenvalue weighted by Crippen LogP contribution is -2.32. The fourth-order valence-corrected chi connectivity index (χ4v) is 4.55. The summed E-state index contributed by atoms with van der Waals surface area (Å²) >= 11 is 0. The van der Waals surface area contributed by atoms with E-state index < -0.39 is 0 Å². The minimum atomic E-state index is 0.106. The van der Waals surface area contributed by atoms with Gasteiger partial charge in [0.2, 0.25) is 0 Å². The second-order valence-electron chi connectivity index (χ2n) is 8.33. The Hall–Kier alpha value is -2.92. The molecule has 2 aliphatic rings. The summed E-state index contributed by atoms with van der Waals surface area (Å²) < 4.78 is 1.90. The highest BCUT2D eigenvalue weighted by Crippen LogP contribution is 2.30. The molecule has 0 bridgehead atoms. The van der Waals surface area contributed by atoms with Gasteiger partial charge in [-0.2, -0.15) is 5.10 Å². The van der Waals surface area contributed by atoms with Crippen molar-refractivity contribution in [3.8, 4) is 11.3 Å². The number of hydrogen-bond donors (Lipinski definition) is 1. The second-order valence-corrected chi connectivity index (χ2v) is 8.33. The maximum Gasteiger partial charge on any atom is 0.257 e. The predicted molar refractivity (Wildman–Crippen MR) is 114 cm³/mol. The van der Waals surface area contributed by atoms with Gasteiger partial charge in [0.1, 0.15) is 5.69 Å². The minimum absolute atomic E-state index is 0.106. The van der Waals surface area contributed by atoms with E-state index in [1.807, 2.05) is 34.0 Å². The summed E-state index contributed by atoms with van der Waals surface area (Å²) in [6.45, 7) is 6.45. The largest absolute Gasteiger partial charge is 0.338 e. The van der Waals surface area contributed by atoms with Crippen LogP contribution in [0.3, 0.4) is 0 Å². The van der Waals surface area contributed by atoms with E-state index in [1.54, 1.807) is 0 Å². The van der Waals surface area contributed by atoms with Gasteiger partial charge in [-0.25, -0.2) is 0 Å². The number of aryl methyl sites for hydroxylation is 1. The Labute approximate surface area is 171 Å². The lowest BCUT2D eigenvalue weighted by atomic mass is 10.0. The van der Waals surface area contributed by atoms with Crippen LogP contribution in [0.2, 0.25) is 0 Å². The zero-order chi connectivity index (χ0) is 19.8. The highest BCUT2D eigenvalue weighted by atomic mass is 16.2. The van der Waals surface area contributed by atoms with Gasteiger partial charge in [-0.1, -0.05) is 60.2 Å². The Bertz CT molecular complexity index is 997. The van der Waals surface area contributed by atoms with E-state index in [4.69, 9.17) is 5.10 Å². The quantitative estimate of drug-likeness (QED) is 0.749. The lowest BCUT2D eigenvalue weighted by Gasteiger charge is -2.17. The first-order valence-electron chi connectivity index (χ1n) is 10.4. The average Bonchev–Trinajstić information content (AvgIpc) is 3.44. The molecule has 1 N–H and O–H groups in total. The number of rotatable bonds is 4. The molecule has 0 saturated carbocycles. The van der Waals surface area contributed by atoms with Gasteiger partial charge in [0.15, 0.2) is 0 Å². The van der Waals surface area contributed by atoms with Gasteiger partial charge in [-0.3, -0.25) is 9.48 Å². The van der Waals surface area contributed by atoms with Crippen molar-refractivity contribution < 1.29 is 4.79 Å². The Kier molecular flexibility index (Phi) is 4.68. The van der Waals surface area contributed by atoms with Crippen LogP contribution in [0.15, 0.2) is 60.8 Å². The molecule has 2 fully saturated rings. The molecule has 5 heteroatoms. The van der Waals surface area contributed by atoms with Crippen molar-refractivity contribution in [1.82, 2.24) is 20.0 Å². The summed E-state index contributed by atoms with van der Waals surface area (Å²) in [5.74, 6) is 1.27. The second kappa shape index (κ2) is 7.48. The van der Waals surface area contributed by atoms with Crippen LogP contribution in [0, 0.1) is 18.8 Å². The van der Waals surface area contributed by atoms with Crippen molar-refractivity contribution >= 4 is 5.91 Å². The third-order valence-corrected chi connectivity index (χ3v) is 6.18. The van der Waals surface area contributed by atoms with E-state index in [1.165, 1.54) is 11.1 Å². The number of likely N-dealkylation sites (tertiary alicyclic amines) is 1. The molecule has 0 unspecified atom stereocenters. The van der Waals surface area contributed by atoms with Crippen LogP contribution >= 0.6 is 0 Å². The fourth-order valence-electron chi connectivity index (χ4n) is 4.55. The number of benzene rings is 2. The first kappa shape index (κ1) is 18.1. The number of hydrogen-bond acceptors (Lipinski definition) is 3. The number of carbonyl (C=O) groups excluding carboxylic acids is 1. The molecule has 29 heavy (non-hydrogen) atoms. The topological polar surface area (TPSA) is 50.2 Å². The van der Waals surface area contributed by atoms with Crippen molar-refractivity contribution in [3.05, 3.63) is 77.5 Å². The highest BCUT2D eigenvalue weighted by molar-refractivity contribution is 6.00. The lowest BCUT2D eigenvalue weighted by molar-refractivity contribution is 0.0782. The molecule has 2 aliphatic heterocycles. The summed E-state index contributed by atoms with van der Waals surface area (Å²) in [6.07, 6.45) is 1.93. The first-order valence-corrected chi connectivity index (χ1v) is 10.4. The van der Waals surface area contributed by atoms with Gasteiger partial charge in [-0.15, -0.1) is 0 Å². The number of nitrogens with one attached hydrogen (secondary N) is 1. The minimum Gasteiger partial charge on any atom is -0.338 e. The molecule has 2 aromatic carbocycles. The maximum absolute atomic E-state index is 13.5. The van der Waals surface area contributed by atoms with E-state index >= 15 is 0 Å². The first-order chi connectivity index (χ1) is 14.2. The van der Waals surface area contributed by atoms with Crippen LogP contribution in [0.4, 0.5) is 0 Å². The third kappa shape index (κ3) is 3.58. The smallest absolute Gasteiger partial charge is 0.257 e. The molecule has 0 radical (unpaired) electrons. The standard InChI is InChI=1S/C24H26N4O/c1-17-7-9-19(10-8-17)23-22(16-28(26-23)13-18-5-3-2-4-6-18)24(29)27-14-20-11-25-12-21(20)15-27/h2-10,16,20-21,25H,11-15H2,1H3/t20-,21+. The van der Waals surface area contributed by atoms with Crippen LogP contribution < -0.4 is 5.32 Å². The molecule has 3 heterocycles. The molecule has 0 spiro atoms. The van der Waals surface area contributed by atoms with Gasteiger partial charge in [0.25, 0.3) is 5.91 Å². The van der Waals surface area contributed by atoms with E-state index in [9.17, 15) is 4.79 Å². The molecule has 1 amide bonds. The molecule has 1 aromatic heterocycles. The molecule has 0 aliphatic carbocycles. The fraction of sp³-hybridized carbons (Fsp3) is 0.333. The van der Waals surface area contributed by atoms with Gasteiger partial charge in [-0.05, 0) is 24.3 Å². The summed E-state index contributed by atoms with van der Waals surface area (Å²) in [5.41, 5.74) is 4.85. The summed E-state index contributed by atoms with van der Waals surface area (Å²) in [4.78, 5) is 15.5. The van der Waals surface area contributed by atoms with E-state index in [0.717, 1.165) is 37.4 Å². The Morgan fingerprint density at radius 3 is 2.41 bits per heavy atom. The van der Waals surface area contributed by atoms with Crippen molar-refractivity contribution in [2.75, 3.05) is 26.2 Å². The average molecular weight is 386 g/mol. The van der Waals surface area contributed by atoms with Crippen molar-refractivity contribution in [2.45, 2.75) is 13.5 Å². The summed E-state index contributed by atoms with van der Waals surface area (Å²) in [5, 5.41) is 8.27. The maximum atomic E-state index is 13.5. The van der Waals surface area contributed by atoms with Crippen molar-refractivity contribution in [2.24, 2.45) is 11.8 Å². The van der Waals surface area contributed by atoms with E-state index in [-0.39, 0.29) is 5.91 Å². The molecular formula is C24H26N4O. The molecule has 3 aromatic rings. The van der Waals surface area contributed by atoms with Gasteiger partial charge in [0, 0.05) is 37.9 Å². The summed E-state index contributed by atoms with van der Waals surface area (Å²) in [6, 6.07) is 18.5. The SMILES string of the molecule is Cc1ccc(-c2nn(Cc3ccccc3)cc2C(=O)N2C[C@H]3CNC[C@H]3C2)cc1. The molecule has 2 saturated heterocycles. The van der Waals surface area contributed by atoms with Crippen LogP contribution in [0.25, 0.3) is 11.3 Å². The predicted octanol–water partition coefficient (Wildman–Crippen LogP) is 3.20. The molecule has 5 rings (SSSR count). The Morgan fingerprint density at radius 2 is 1.72 bits per heavy atom. The number of carbonyl (C=O) groups is 1. The Balaban J connectivity index is 1.48. The molecular weight excluding hydrogens is 360 g/mol. The monoisotopic (exact) mass is 386 g/mol. The number of amides is 1. The normalized spacial score (nSPS) is 20.8. The van der Waals surface area contributed by atoms with Gasteiger partial charge in [0.05, 0.1) is 12.1 Å². The van der Waals surface area contributed by atoms with Crippen molar-refractivity contribution in [3.63, 3.8) is 0 Å². The van der Waals surface area contributed by atoms with Crippen LogP contribution in [-0.2, 0) is 6.54 Å². The highest BCUT2D eigenvalue weighted by Gasteiger charge is 2.39. The number of aromatic nitrogens is 2. The van der Waals surface area contributed by atoms with Crippen molar-refractivity contribution in [1.29, 1.82) is 0 Å².